The van der Waals surface area contributed by atoms with Crippen molar-refractivity contribution in [2.45, 2.75) is 19.3 Å². The van der Waals surface area contributed by atoms with E-state index >= 15 is 0 Å². The van der Waals surface area contributed by atoms with Crippen molar-refractivity contribution < 1.29 is 9.18 Å². The lowest BCUT2D eigenvalue weighted by Gasteiger charge is -2.29. The van der Waals surface area contributed by atoms with Gasteiger partial charge in [0.05, 0.1) is 23.6 Å². The Morgan fingerprint density at radius 1 is 1.27 bits per heavy atom. The Kier molecular flexibility index (Phi) is 2.94. The first-order valence-corrected chi connectivity index (χ1v) is 5.16. The van der Waals surface area contributed by atoms with Crippen LogP contribution in [0.5, 0.6) is 0 Å². The lowest BCUT2D eigenvalue weighted by atomic mass is 10.1. The van der Waals surface area contributed by atoms with E-state index in [9.17, 15) is 9.18 Å². The summed E-state index contributed by atoms with van der Waals surface area (Å²) in [5.41, 5.74) is 0.761. The normalized spacial score (nSPS) is 16.5. The van der Waals surface area contributed by atoms with Crippen molar-refractivity contribution in [2.24, 2.45) is 0 Å². The molecule has 80 valence electrons. The number of hydrogen-bond acceptors (Lipinski definition) is 3. The molecule has 1 saturated heterocycles. The Morgan fingerprint density at radius 2 is 2.00 bits per heavy atom. The Hall–Kier alpha value is -1.45. The van der Waals surface area contributed by atoms with Crippen LogP contribution in [0.2, 0.25) is 0 Å². The molecule has 0 spiro atoms. The third-order valence-corrected chi connectivity index (χ3v) is 2.73. The van der Waals surface area contributed by atoms with Crippen LogP contribution in [0.15, 0.2) is 12.4 Å². The molecule has 2 rings (SSSR count). The van der Waals surface area contributed by atoms with Gasteiger partial charge in [-0.25, -0.2) is 4.39 Å². The van der Waals surface area contributed by atoms with Gasteiger partial charge in [-0.15, -0.1) is 0 Å². The van der Waals surface area contributed by atoms with Crippen molar-refractivity contribution in [1.82, 2.24) is 4.98 Å². The number of rotatable bonds is 2. The Bertz CT molecular complexity index is 362. The maximum atomic E-state index is 13.3. The standard InChI is InChI=1S/C11H13FN2O/c12-10-6-13-7-11(9(10)8-15)14-4-2-1-3-5-14/h6-8H,1-5H2. The smallest absolute Gasteiger partial charge is 0.155 e. The monoisotopic (exact) mass is 208 g/mol. The molecule has 4 heteroatoms. The van der Waals surface area contributed by atoms with Crippen molar-refractivity contribution >= 4 is 12.0 Å². The number of halogens is 1. The van der Waals surface area contributed by atoms with E-state index < -0.39 is 5.82 Å². The zero-order chi connectivity index (χ0) is 10.7. The quantitative estimate of drug-likeness (QED) is 0.697. The van der Waals surface area contributed by atoms with E-state index in [1.165, 1.54) is 6.42 Å². The summed E-state index contributed by atoms with van der Waals surface area (Å²) >= 11 is 0. The molecule has 1 aliphatic rings. The van der Waals surface area contributed by atoms with E-state index in [-0.39, 0.29) is 5.56 Å². The minimum absolute atomic E-state index is 0.131. The number of carbonyl (C=O) groups is 1. The van der Waals surface area contributed by atoms with Crippen LogP contribution in [0, 0.1) is 5.82 Å². The molecule has 1 aliphatic heterocycles. The largest absolute Gasteiger partial charge is 0.370 e. The molecule has 3 nitrogen and oxygen atoms in total. The van der Waals surface area contributed by atoms with E-state index in [0.717, 1.165) is 32.1 Å². The number of piperidine rings is 1. The molecular weight excluding hydrogens is 195 g/mol. The third kappa shape index (κ3) is 1.98. The number of aldehydes is 1. The number of nitrogens with zero attached hydrogens (tertiary/aromatic N) is 2. The Morgan fingerprint density at radius 3 is 2.67 bits per heavy atom. The first kappa shape index (κ1) is 10.1. The maximum Gasteiger partial charge on any atom is 0.155 e. The van der Waals surface area contributed by atoms with Gasteiger partial charge in [-0.1, -0.05) is 0 Å². The number of carbonyl (C=O) groups excluding carboxylic acids is 1. The van der Waals surface area contributed by atoms with Gasteiger partial charge in [0.1, 0.15) is 0 Å². The van der Waals surface area contributed by atoms with Crippen LogP contribution in [0.25, 0.3) is 0 Å². The highest BCUT2D eigenvalue weighted by Gasteiger charge is 2.16. The van der Waals surface area contributed by atoms with Gasteiger partial charge in [0.2, 0.25) is 0 Å². The summed E-state index contributed by atoms with van der Waals surface area (Å²) in [7, 11) is 0. The van der Waals surface area contributed by atoms with Gasteiger partial charge in [0.25, 0.3) is 0 Å². The molecule has 1 fully saturated rings. The zero-order valence-corrected chi connectivity index (χ0v) is 8.45. The predicted octanol–water partition coefficient (Wildman–Crippen LogP) is 2.02. The number of pyridine rings is 1. The summed E-state index contributed by atoms with van der Waals surface area (Å²) in [5, 5.41) is 0. The van der Waals surface area contributed by atoms with Crippen molar-refractivity contribution in [2.75, 3.05) is 18.0 Å². The van der Waals surface area contributed by atoms with Crippen LogP contribution in [0.3, 0.4) is 0 Å². The van der Waals surface area contributed by atoms with Crippen LogP contribution in [-0.4, -0.2) is 24.4 Å². The van der Waals surface area contributed by atoms with Crippen LogP contribution < -0.4 is 4.90 Å². The summed E-state index contributed by atoms with van der Waals surface area (Å²) in [6, 6.07) is 0. The van der Waals surface area contributed by atoms with Crippen molar-refractivity contribution in [3.05, 3.63) is 23.8 Å². The number of aromatic nitrogens is 1. The van der Waals surface area contributed by atoms with E-state index in [0.29, 0.717) is 12.0 Å². The van der Waals surface area contributed by atoms with Gasteiger partial charge in [-0.05, 0) is 19.3 Å². The zero-order valence-electron chi connectivity index (χ0n) is 8.45. The molecular formula is C11H13FN2O. The van der Waals surface area contributed by atoms with Gasteiger partial charge in [-0.2, -0.15) is 0 Å². The molecule has 2 heterocycles. The average Bonchev–Trinajstić information content (AvgIpc) is 2.30. The lowest BCUT2D eigenvalue weighted by molar-refractivity contribution is 0.112. The summed E-state index contributed by atoms with van der Waals surface area (Å²) in [5.74, 6) is -0.534. The third-order valence-electron chi connectivity index (χ3n) is 2.73. The van der Waals surface area contributed by atoms with Gasteiger partial charge < -0.3 is 4.90 Å². The van der Waals surface area contributed by atoms with Crippen LogP contribution in [0.1, 0.15) is 29.6 Å². The highest BCUT2D eigenvalue weighted by atomic mass is 19.1. The highest BCUT2D eigenvalue weighted by molar-refractivity contribution is 5.84. The molecule has 0 atom stereocenters. The SMILES string of the molecule is O=Cc1c(F)cncc1N1CCCCC1. The van der Waals surface area contributed by atoms with Crippen molar-refractivity contribution in [1.29, 1.82) is 0 Å². The minimum atomic E-state index is -0.534. The second kappa shape index (κ2) is 4.38. The van der Waals surface area contributed by atoms with E-state index in [2.05, 4.69) is 4.98 Å². The Balaban J connectivity index is 2.33. The maximum absolute atomic E-state index is 13.3. The molecule has 0 saturated carbocycles. The fraction of sp³-hybridized carbons (Fsp3) is 0.455. The first-order chi connectivity index (χ1) is 7.33. The second-order valence-electron chi connectivity index (χ2n) is 3.72. The molecule has 0 bridgehead atoms. The lowest BCUT2D eigenvalue weighted by Crippen LogP contribution is -2.30. The molecule has 1 aromatic heterocycles. The number of anilines is 1. The Labute approximate surface area is 87.9 Å². The summed E-state index contributed by atoms with van der Waals surface area (Å²) in [6.45, 7) is 1.76. The van der Waals surface area contributed by atoms with Gasteiger partial charge in [0, 0.05) is 13.1 Å². The van der Waals surface area contributed by atoms with Gasteiger partial charge in [-0.3, -0.25) is 9.78 Å². The second-order valence-corrected chi connectivity index (χ2v) is 3.72. The fourth-order valence-electron chi connectivity index (χ4n) is 1.94. The van der Waals surface area contributed by atoms with Gasteiger partial charge in [0.15, 0.2) is 12.1 Å². The topological polar surface area (TPSA) is 33.2 Å². The van der Waals surface area contributed by atoms with Crippen LogP contribution in [0.4, 0.5) is 10.1 Å². The van der Waals surface area contributed by atoms with Crippen LogP contribution >= 0.6 is 0 Å². The average molecular weight is 208 g/mol. The molecule has 0 aromatic carbocycles. The summed E-state index contributed by atoms with van der Waals surface area (Å²) in [6.07, 6.45) is 6.61. The van der Waals surface area contributed by atoms with E-state index in [4.69, 9.17) is 0 Å². The first-order valence-electron chi connectivity index (χ1n) is 5.16. The van der Waals surface area contributed by atoms with Gasteiger partial charge >= 0.3 is 0 Å². The summed E-state index contributed by atoms with van der Waals surface area (Å²) < 4.78 is 13.3. The molecule has 0 N–H and O–H groups in total. The highest BCUT2D eigenvalue weighted by Crippen LogP contribution is 2.23. The minimum Gasteiger partial charge on any atom is -0.370 e. The molecule has 1 aromatic rings. The molecule has 0 radical (unpaired) electrons. The van der Waals surface area contributed by atoms with Crippen molar-refractivity contribution in [3.8, 4) is 0 Å². The van der Waals surface area contributed by atoms with Crippen molar-refractivity contribution in [3.63, 3.8) is 0 Å². The van der Waals surface area contributed by atoms with E-state index in [1.807, 2.05) is 4.90 Å². The molecule has 15 heavy (non-hydrogen) atoms. The molecule has 0 unspecified atom stereocenters. The molecule has 0 aliphatic carbocycles. The fourth-order valence-corrected chi connectivity index (χ4v) is 1.94. The molecule has 0 amide bonds. The van der Waals surface area contributed by atoms with Crippen LogP contribution in [-0.2, 0) is 0 Å². The summed E-state index contributed by atoms with van der Waals surface area (Å²) in [4.78, 5) is 16.6. The predicted molar refractivity (Wildman–Crippen MR) is 55.6 cm³/mol. The number of hydrogen-bond donors (Lipinski definition) is 0. The van der Waals surface area contributed by atoms with E-state index in [1.54, 1.807) is 6.20 Å².